The van der Waals surface area contributed by atoms with E-state index in [1.165, 1.54) is 0 Å². The van der Waals surface area contributed by atoms with Crippen LogP contribution >= 0.6 is 0 Å². The van der Waals surface area contributed by atoms with Gasteiger partial charge >= 0.3 is 5.97 Å². The third-order valence-corrected chi connectivity index (χ3v) is 1.96. The fourth-order valence-electron chi connectivity index (χ4n) is 0.907. The van der Waals surface area contributed by atoms with Crippen LogP contribution < -0.4 is 5.32 Å². The van der Waals surface area contributed by atoms with Crippen molar-refractivity contribution in [3.05, 3.63) is 11.6 Å². The first kappa shape index (κ1) is 14.1. The number of ether oxygens (including phenoxy) is 1. The minimum atomic E-state index is -0.865. The number of aliphatic carboxylic acids is 1. The van der Waals surface area contributed by atoms with Crippen LogP contribution in [0.4, 0.5) is 0 Å². The Morgan fingerprint density at radius 3 is 2.80 bits per heavy atom. The number of rotatable bonds is 9. The lowest BCUT2D eigenvalue weighted by Crippen LogP contribution is -2.20. The monoisotopic (exact) mass is 215 g/mol. The zero-order valence-electron chi connectivity index (χ0n) is 9.58. The van der Waals surface area contributed by atoms with Gasteiger partial charge in [0, 0.05) is 25.3 Å². The third kappa shape index (κ3) is 9.43. The number of hydrogen-bond acceptors (Lipinski definition) is 3. The molecule has 0 aliphatic carbocycles. The molecule has 0 fully saturated rings. The van der Waals surface area contributed by atoms with Crippen LogP contribution in [0.3, 0.4) is 0 Å². The zero-order chi connectivity index (χ0) is 11.5. The molecule has 88 valence electrons. The molecule has 0 saturated heterocycles. The van der Waals surface area contributed by atoms with Gasteiger partial charge in [0.2, 0.25) is 0 Å². The van der Waals surface area contributed by atoms with Crippen molar-refractivity contribution in [2.45, 2.75) is 26.7 Å². The van der Waals surface area contributed by atoms with Crippen LogP contribution in [0.15, 0.2) is 11.6 Å². The molecule has 0 aromatic carbocycles. The van der Waals surface area contributed by atoms with Crippen molar-refractivity contribution < 1.29 is 14.6 Å². The molecule has 0 aromatic rings. The number of carboxylic acid groups (broad SMARTS) is 1. The summed E-state index contributed by atoms with van der Waals surface area (Å²) in [5.74, 6) is -0.865. The minimum absolute atomic E-state index is 0.370. The van der Waals surface area contributed by atoms with E-state index in [1.54, 1.807) is 13.0 Å². The fraction of sp³-hybridized carbons (Fsp3) is 0.727. The van der Waals surface area contributed by atoms with Crippen molar-refractivity contribution in [3.8, 4) is 0 Å². The molecule has 0 aliphatic heterocycles. The van der Waals surface area contributed by atoms with Crippen LogP contribution in [0.1, 0.15) is 26.7 Å². The topological polar surface area (TPSA) is 58.6 Å². The number of nitrogens with one attached hydrogen (secondary N) is 1. The molecule has 0 unspecified atom stereocenters. The van der Waals surface area contributed by atoms with Crippen molar-refractivity contribution in [1.82, 2.24) is 5.32 Å². The summed E-state index contributed by atoms with van der Waals surface area (Å²) < 4.78 is 5.33. The average molecular weight is 215 g/mol. The van der Waals surface area contributed by atoms with Gasteiger partial charge in [-0.3, -0.25) is 0 Å². The van der Waals surface area contributed by atoms with Crippen LogP contribution in [-0.4, -0.2) is 37.4 Å². The Balaban J connectivity index is 3.25. The van der Waals surface area contributed by atoms with Gasteiger partial charge in [0.1, 0.15) is 0 Å². The molecule has 0 rings (SSSR count). The highest BCUT2D eigenvalue weighted by Crippen LogP contribution is 1.89. The second kappa shape index (κ2) is 9.68. The van der Waals surface area contributed by atoms with Gasteiger partial charge < -0.3 is 15.2 Å². The summed E-state index contributed by atoms with van der Waals surface area (Å²) in [5.41, 5.74) is 0.370. The van der Waals surface area contributed by atoms with E-state index in [-0.39, 0.29) is 0 Å². The molecule has 0 amide bonds. The minimum Gasteiger partial charge on any atom is -0.478 e. The van der Waals surface area contributed by atoms with Gasteiger partial charge in [0.25, 0.3) is 0 Å². The van der Waals surface area contributed by atoms with Gasteiger partial charge in [0.05, 0.1) is 6.61 Å². The average Bonchev–Trinajstić information content (AvgIpc) is 2.21. The first-order chi connectivity index (χ1) is 7.18. The lowest BCUT2D eigenvalue weighted by Gasteiger charge is -2.03. The molecule has 0 atom stereocenters. The molecule has 0 bridgehead atoms. The van der Waals surface area contributed by atoms with Crippen molar-refractivity contribution >= 4 is 5.97 Å². The van der Waals surface area contributed by atoms with Crippen molar-refractivity contribution in [1.29, 1.82) is 0 Å². The molecule has 4 nitrogen and oxygen atoms in total. The summed E-state index contributed by atoms with van der Waals surface area (Å²) >= 11 is 0. The lowest BCUT2D eigenvalue weighted by atomic mass is 10.3. The predicted molar refractivity (Wildman–Crippen MR) is 60.0 cm³/mol. The maximum absolute atomic E-state index is 10.4. The van der Waals surface area contributed by atoms with E-state index in [9.17, 15) is 4.79 Å². The summed E-state index contributed by atoms with van der Waals surface area (Å²) in [5, 5.41) is 11.6. The van der Waals surface area contributed by atoms with Crippen LogP contribution in [0.2, 0.25) is 0 Å². The quantitative estimate of drug-likeness (QED) is 0.451. The van der Waals surface area contributed by atoms with Crippen molar-refractivity contribution in [3.63, 3.8) is 0 Å². The van der Waals surface area contributed by atoms with Crippen LogP contribution in [-0.2, 0) is 9.53 Å². The standard InChI is InChI=1S/C11H21NO3/c1-3-4-8-15-9-7-12-6-5-10(2)11(13)14/h5,12H,3-4,6-9H2,1-2H3,(H,13,14)/b10-5-. The van der Waals surface area contributed by atoms with Crippen LogP contribution in [0.25, 0.3) is 0 Å². The second-order valence-corrected chi connectivity index (χ2v) is 3.36. The van der Waals surface area contributed by atoms with E-state index in [2.05, 4.69) is 12.2 Å². The first-order valence-corrected chi connectivity index (χ1v) is 5.37. The number of carboxylic acids is 1. The van der Waals surface area contributed by atoms with E-state index < -0.39 is 5.97 Å². The maximum atomic E-state index is 10.4. The predicted octanol–water partition coefficient (Wildman–Crippen LogP) is 1.42. The Hall–Kier alpha value is -0.870. The van der Waals surface area contributed by atoms with Gasteiger partial charge in [-0.15, -0.1) is 0 Å². The molecule has 0 heterocycles. The molecule has 0 aliphatic rings. The normalized spacial score (nSPS) is 11.7. The summed E-state index contributed by atoms with van der Waals surface area (Å²) in [6.07, 6.45) is 3.90. The lowest BCUT2D eigenvalue weighted by molar-refractivity contribution is -0.132. The summed E-state index contributed by atoms with van der Waals surface area (Å²) in [7, 11) is 0. The van der Waals surface area contributed by atoms with Crippen LogP contribution in [0, 0.1) is 0 Å². The molecule has 0 saturated carbocycles. The summed E-state index contributed by atoms with van der Waals surface area (Å²) in [6, 6.07) is 0. The highest BCUT2D eigenvalue weighted by molar-refractivity contribution is 5.85. The van der Waals surface area contributed by atoms with E-state index in [0.29, 0.717) is 18.7 Å². The molecular formula is C11H21NO3. The number of carbonyl (C=O) groups is 1. The van der Waals surface area contributed by atoms with Gasteiger partial charge in [-0.2, -0.15) is 0 Å². The van der Waals surface area contributed by atoms with E-state index in [1.807, 2.05) is 0 Å². The largest absolute Gasteiger partial charge is 0.478 e. The maximum Gasteiger partial charge on any atom is 0.330 e. The van der Waals surface area contributed by atoms with Crippen molar-refractivity contribution in [2.24, 2.45) is 0 Å². The third-order valence-electron chi connectivity index (χ3n) is 1.96. The van der Waals surface area contributed by atoms with E-state index in [4.69, 9.17) is 9.84 Å². The van der Waals surface area contributed by atoms with Crippen LogP contribution in [0.5, 0.6) is 0 Å². The van der Waals surface area contributed by atoms with Gasteiger partial charge in [0.15, 0.2) is 0 Å². The first-order valence-electron chi connectivity index (χ1n) is 5.37. The molecule has 0 spiro atoms. The SMILES string of the molecule is CCCCOCCNC/C=C(/C)C(=O)O. The van der Waals surface area contributed by atoms with Crippen molar-refractivity contribution in [2.75, 3.05) is 26.3 Å². The summed E-state index contributed by atoms with van der Waals surface area (Å²) in [6.45, 7) is 6.54. The van der Waals surface area contributed by atoms with Gasteiger partial charge in [-0.1, -0.05) is 19.4 Å². The molecule has 2 N–H and O–H groups in total. The molecule has 0 aromatic heterocycles. The second-order valence-electron chi connectivity index (χ2n) is 3.36. The number of unbranched alkanes of at least 4 members (excludes halogenated alkanes) is 1. The van der Waals surface area contributed by atoms with Gasteiger partial charge in [-0.05, 0) is 13.3 Å². The zero-order valence-corrected chi connectivity index (χ0v) is 9.58. The molecule has 0 radical (unpaired) electrons. The Kier molecular flexibility index (Phi) is 9.11. The Labute approximate surface area is 91.3 Å². The Morgan fingerprint density at radius 2 is 2.20 bits per heavy atom. The fourth-order valence-corrected chi connectivity index (χ4v) is 0.907. The highest BCUT2D eigenvalue weighted by atomic mass is 16.5. The smallest absolute Gasteiger partial charge is 0.330 e. The van der Waals surface area contributed by atoms with E-state index >= 15 is 0 Å². The highest BCUT2D eigenvalue weighted by Gasteiger charge is 1.97. The molecular weight excluding hydrogens is 194 g/mol. The number of hydrogen-bond donors (Lipinski definition) is 2. The Morgan fingerprint density at radius 1 is 1.47 bits per heavy atom. The summed E-state index contributed by atoms with van der Waals surface area (Å²) in [4.78, 5) is 10.4. The molecule has 4 heteroatoms. The molecule has 15 heavy (non-hydrogen) atoms. The Bertz CT molecular complexity index is 202. The van der Waals surface area contributed by atoms with Gasteiger partial charge in [-0.25, -0.2) is 4.79 Å². The van der Waals surface area contributed by atoms with E-state index in [0.717, 1.165) is 26.0 Å².